The zero-order valence-corrected chi connectivity index (χ0v) is 13.8. The van der Waals surface area contributed by atoms with Crippen LogP contribution in [0.25, 0.3) is 0 Å². The minimum Gasteiger partial charge on any atom is -0.398 e. The molecule has 0 saturated heterocycles. The van der Waals surface area contributed by atoms with Crippen molar-refractivity contribution in [2.24, 2.45) is 17.1 Å². The molecule has 0 amide bonds. The molecule has 26 heavy (non-hydrogen) atoms. The summed E-state index contributed by atoms with van der Waals surface area (Å²) in [6, 6.07) is 11.9. The first-order valence-electron chi connectivity index (χ1n) is 8.17. The van der Waals surface area contributed by atoms with Gasteiger partial charge in [0, 0.05) is 18.1 Å². The summed E-state index contributed by atoms with van der Waals surface area (Å²) in [4.78, 5) is 10.7. The standard InChI is InChI=1S/C19H15N5O2/c20-9-16-18(23)15-7-2-1-6-14(15)17(19(16,10-21)11-22)12-4-3-5-13(8-12)24(25)26/h3-5,7-8,14,17H,1-2,6,23H2/t14-,17+/m0/s1. The summed E-state index contributed by atoms with van der Waals surface area (Å²) in [7, 11) is 0. The Morgan fingerprint density at radius 3 is 2.62 bits per heavy atom. The first-order chi connectivity index (χ1) is 12.5. The van der Waals surface area contributed by atoms with E-state index in [9.17, 15) is 25.9 Å². The second-order valence-electron chi connectivity index (χ2n) is 6.46. The molecule has 2 aliphatic rings. The molecule has 0 aliphatic heterocycles. The largest absolute Gasteiger partial charge is 0.398 e. The number of hydrogen-bond donors (Lipinski definition) is 1. The van der Waals surface area contributed by atoms with E-state index in [0.29, 0.717) is 12.0 Å². The zero-order valence-electron chi connectivity index (χ0n) is 13.8. The van der Waals surface area contributed by atoms with E-state index in [1.165, 1.54) is 18.2 Å². The van der Waals surface area contributed by atoms with E-state index >= 15 is 0 Å². The lowest BCUT2D eigenvalue weighted by Crippen LogP contribution is -2.41. The van der Waals surface area contributed by atoms with Gasteiger partial charge in [0.2, 0.25) is 0 Å². The number of fused-ring (bicyclic) bond motifs is 1. The van der Waals surface area contributed by atoms with Gasteiger partial charge in [-0.25, -0.2) is 0 Å². The lowest BCUT2D eigenvalue weighted by atomic mass is 9.56. The van der Waals surface area contributed by atoms with Crippen molar-refractivity contribution in [2.75, 3.05) is 0 Å². The summed E-state index contributed by atoms with van der Waals surface area (Å²) in [5.41, 5.74) is 5.68. The SMILES string of the molecule is N#CC1=C(N)C2=CCCC[C@@H]2[C@@H](c2cccc([N+](=O)[O-])c2)C1(C#N)C#N. The molecule has 1 aromatic rings. The molecule has 2 aliphatic carbocycles. The van der Waals surface area contributed by atoms with Crippen molar-refractivity contribution >= 4 is 5.69 Å². The molecule has 7 nitrogen and oxygen atoms in total. The highest BCUT2D eigenvalue weighted by Gasteiger charge is 2.54. The van der Waals surface area contributed by atoms with Gasteiger partial charge >= 0.3 is 0 Å². The molecule has 0 fully saturated rings. The fraction of sp³-hybridized carbons (Fsp3) is 0.316. The van der Waals surface area contributed by atoms with Crippen LogP contribution in [0.15, 0.2) is 47.2 Å². The summed E-state index contributed by atoms with van der Waals surface area (Å²) < 4.78 is 0. The Morgan fingerprint density at radius 2 is 2.00 bits per heavy atom. The van der Waals surface area contributed by atoms with E-state index in [2.05, 4.69) is 0 Å². The fourth-order valence-corrected chi connectivity index (χ4v) is 4.11. The van der Waals surface area contributed by atoms with Crippen molar-refractivity contribution < 1.29 is 4.92 Å². The average molecular weight is 345 g/mol. The second-order valence-corrected chi connectivity index (χ2v) is 6.46. The van der Waals surface area contributed by atoms with Crippen LogP contribution in [0, 0.1) is 55.4 Å². The van der Waals surface area contributed by atoms with E-state index in [0.717, 1.165) is 18.4 Å². The molecule has 1 aromatic carbocycles. The first-order valence-corrected chi connectivity index (χ1v) is 8.17. The Balaban J connectivity index is 2.33. The van der Waals surface area contributed by atoms with Gasteiger partial charge in [-0.1, -0.05) is 18.2 Å². The summed E-state index contributed by atoms with van der Waals surface area (Å²) in [5.74, 6) is -0.923. The smallest absolute Gasteiger partial charge is 0.269 e. The Kier molecular flexibility index (Phi) is 4.20. The van der Waals surface area contributed by atoms with Gasteiger partial charge < -0.3 is 5.73 Å². The van der Waals surface area contributed by atoms with E-state index < -0.39 is 16.3 Å². The number of nitriles is 3. The van der Waals surface area contributed by atoms with Crippen molar-refractivity contribution in [1.29, 1.82) is 15.8 Å². The predicted molar refractivity (Wildman–Crippen MR) is 91.7 cm³/mol. The Hall–Kier alpha value is -3.63. The predicted octanol–water partition coefficient (Wildman–Crippen LogP) is 3.19. The molecule has 3 rings (SSSR count). The van der Waals surface area contributed by atoms with Crippen LogP contribution in [0.1, 0.15) is 30.7 Å². The first kappa shape index (κ1) is 17.2. The molecule has 2 atom stereocenters. The lowest BCUT2D eigenvalue weighted by molar-refractivity contribution is -0.384. The summed E-state index contributed by atoms with van der Waals surface area (Å²) >= 11 is 0. The van der Waals surface area contributed by atoms with Crippen molar-refractivity contribution in [3.63, 3.8) is 0 Å². The van der Waals surface area contributed by atoms with Gasteiger partial charge in [-0.3, -0.25) is 10.1 Å². The van der Waals surface area contributed by atoms with Crippen molar-refractivity contribution in [2.45, 2.75) is 25.2 Å². The molecular formula is C19H15N5O2. The van der Waals surface area contributed by atoms with Crippen LogP contribution in [-0.4, -0.2) is 4.92 Å². The van der Waals surface area contributed by atoms with E-state index in [4.69, 9.17) is 5.73 Å². The molecule has 0 aromatic heterocycles. The van der Waals surface area contributed by atoms with Crippen LogP contribution in [0.3, 0.4) is 0 Å². The highest BCUT2D eigenvalue weighted by molar-refractivity contribution is 5.59. The van der Waals surface area contributed by atoms with Crippen molar-refractivity contribution in [3.8, 4) is 18.2 Å². The van der Waals surface area contributed by atoms with Gasteiger partial charge in [-0.2, -0.15) is 15.8 Å². The molecule has 0 spiro atoms. The van der Waals surface area contributed by atoms with Crippen LogP contribution in [0.2, 0.25) is 0 Å². The number of allylic oxidation sites excluding steroid dienone is 3. The highest BCUT2D eigenvalue weighted by atomic mass is 16.6. The van der Waals surface area contributed by atoms with Crippen molar-refractivity contribution in [1.82, 2.24) is 0 Å². The topological polar surface area (TPSA) is 141 Å². The second kappa shape index (κ2) is 6.35. The third-order valence-corrected chi connectivity index (χ3v) is 5.23. The maximum absolute atomic E-state index is 11.2. The average Bonchev–Trinajstić information content (AvgIpc) is 2.67. The molecule has 128 valence electrons. The third-order valence-electron chi connectivity index (χ3n) is 5.23. The highest BCUT2D eigenvalue weighted by Crippen LogP contribution is 2.56. The van der Waals surface area contributed by atoms with E-state index in [1.807, 2.05) is 24.3 Å². The maximum Gasteiger partial charge on any atom is 0.269 e. The molecule has 0 unspecified atom stereocenters. The Labute approximate surface area is 150 Å². The van der Waals surface area contributed by atoms with E-state index in [-0.39, 0.29) is 22.9 Å². The number of nitrogens with two attached hydrogens (primary N) is 1. The van der Waals surface area contributed by atoms with Crippen LogP contribution in [0.5, 0.6) is 0 Å². The molecule has 0 radical (unpaired) electrons. The molecule has 0 heterocycles. The van der Waals surface area contributed by atoms with Gasteiger partial charge in [0.05, 0.1) is 34.4 Å². The monoisotopic (exact) mass is 345 g/mol. The fourth-order valence-electron chi connectivity index (χ4n) is 4.11. The number of nitro benzene ring substituents is 1. The van der Waals surface area contributed by atoms with Gasteiger partial charge in [0.25, 0.3) is 5.69 Å². The maximum atomic E-state index is 11.2. The Bertz CT molecular complexity index is 957. The quantitative estimate of drug-likeness (QED) is 0.644. The number of nitrogens with zero attached hydrogens (tertiary/aromatic N) is 4. The van der Waals surface area contributed by atoms with Gasteiger partial charge in [-0.05, 0) is 36.3 Å². The number of rotatable bonds is 2. The van der Waals surface area contributed by atoms with Crippen molar-refractivity contribution in [3.05, 3.63) is 62.9 Å². The molecule has 7 heteroatoms. The lowest BCUT2D eigenvalue weighted by Gasteiger charge is -2.43. The summed E-state index contributed by atoms with van der Waals surface area (Å²) in [6.45, 7) is 0. The minimum absolute atomic E-state index is 0.0663. The van der Waals surface area contributed by atoms with E-state index in [1.54, 1.807) is 6.07 Å². The van der Waals surface area contributed by atoms with Gasteiger partial charge in [-0.15, -0.1) is 0 Å². The number of benzene rings is 1. The number of nitro groups is 1. The number of non-ortho nitro benzene ring substituents is 1. The molecular weight excluding hydrogens is 330 g/mol. The number of hydrogen-bond acceptors (Lipinski definition) is 6. The normalized spacial score (nSPS) is 23.7. The van der Waals surface area contributed by atoms with Crippen LogP contribution in [-0.2, 0) is 0 Å². The summed E-state index contributed by atoms with van der Waals surface area (Å²) in [6.07, 6.45) is 4.31. The molecule has 2 N–H and O–H groups in total. The van der Waals surface area contributed by atoms with Crippen LogP contribution < -0.4 is 5.73 Å². The third kappa shape index (κ3) is 2.32. The van der Waals surface area contributed by atoms with Crippen LogP contribution in [0.4, 0.5) is 5.69 Å². The molecule has 0 bridgehead atoms. The summed E-state index contributed by atoms with van der Waals surface area (Å²) in [5, 5.41) is 40.6. The van der Waals surface area contributed by atoms with Gasteiger partial charge in [0.1, 0.15) is 0 Å². The minimum atomic E-state index is -1.77. The molecule has 0 saturated carbocycles. The Morgan fingerprint density at radius 1 is 1.27 bits per heavy atom. The van der Waals surface area contributed by atoms with Crippen LogP contribution >= 0.6 is 0 Å². The zero-order chi connectivity index (χ0) is 18.9. The van der Waals surface area contributed by atoms with Gasteiger partial charge in [0.15, 0.2) is 5.41 Å².